The first-order valence-electron chi connectivity index (χ1n) is 7.11. The molecule has 0 bridgehead atoms. The Hall–Kier alpha value is -0.750. The van der Waals surface area contributed by atoms with E-state index in [9.17, 15) is 9.35 Å². The van der Waals surface area contributed by atoms with Crippen LogP contribution in [0.3, 0.4) is 0 Å². The third kappa shape index (κ3) is 4.38. The Balaban J connectivity index is 2.80. The second-order valence-electron chi connectivity index (χ2n) is 6.39. The van der Waals surface area contributed by atoms with Crippen molar-refractivity contribution in [3.05, 3.63) is 0 Å². The van der Waals surface area contributed by atoms with Crippen molar-refractivity contribution < 1.29 is 14.5 Å². The fourth-order valence-electron chi connectivity index (χ4n) is 2.50. The van der Waals surface area contributed by atoms with Crippen molar-refractivity contribution in [2.75, 3.05) is 13.1 Å². The summed E-state index contributed by atoms with van der Waals surface area (Å²) < 4.78 is 16.1. The van der Waals surface area contributed by atoms with Gasteiger partial charge in [0.1, 0.15) is 16.1 Å². The van der Waals surface area contributed by atoms with E-state index in [1.165, 1.54) is 4.90 Å². The van der Waals surface area contributed by atoms with Crippen LogP contribution in [-0.2, 0) is 11.4 Å². The number of hydrogen-bond acceptors (Lipinski definition) is 3. The zero-order chi connectivity index (χ0) is 15.5. The summed E-state index contributed by atoms with van der Waals surface area (Å²) in [4.78, 5) is 12.5. The minimum Gasteiger partial charge on any atom is -0.591 e. The van der Waals surface area contributed by atoms with Crippen LogP contribution in [0.1, 0.15) is 47.5 Å². The second-order valence-corrected chi connectivity index (χ2v) is 8.29. The number of hydrogen-bond donors (Lipinski definition) is 1. The average molecular weight is 302 g/mol. The average Bonchev–Trinajstić information content (AvgIpc) is 2.36. The Morgan fingerprint density at radius 1 is 1.50 bits per heavy atom. The van der Waals surface area contributed by atoms with E-state index in [2.05, 4.69) is 11.3 Å². The number of likely N-dealkylation sites (tertiary alicyclic amines) is 1. The van der Waals surface area contributed by atoms with Gasteiger partial charge in [0.05, 0.1) is 5.71 Å². The molecule has 0 spiro atoms. The quantitative estimate of drug-likeness (QED) is 0.643. The van der Waals surface area contributed by atoms with E-state index < -0.39 is 17.5 Å². The summed E-state index contributed by atoms with van der Waals surface area (Å²) in [6.45, 7) is 10.8. The lowest BCUT2D eigenvalue weighted by atomic mass is 9.81. The molecule has 3 atom stereocenters. The Morgan fingerprint density at radius 3 is 2.55 bits per heavy atom. The smallest absolute Gasteiger partial charge is 0.407 e. The van der Waals surface area contributed by atoms with Gasteiger partial charge in [0, 0.05) is 19.0 Å². The van der Waals surface area contributed by atoms with Crippen molar-refractivity contribution in [1.29, 1.82) is 0 Å². The van der Waals surface area contributed by atoms with Crippen LogP contribution in [0.2, 0.25) is 0 Å². The molecule has 1 saturated heterocycles. The fraction of sp³-hybridized carbons (Fsp3) is 0.857. The Kier molecular flexibility index (Phi) is 5.89. The monoisotopic (exact) mass is 302 g/mol. The maximum Gasteiger partial charge on any atom is 0.407 e. The highest BCUT2D eigenvalue weighted by Crippen LogP contribution is 2.29. The number of piperidine rings is 1. The maximum absolute atomic E-state index is 12.1. The predicted octanol–water partition coefficient (Wildman–Crippen LogP) is 2.94. The van der Waals surface area contributed by atoms with Gasteiger partial charge in [-0.25, -0.2) is 4.79 Å². The van der Waals surface area contributed by atoms with Crippen LogP contribution in [0.25, 0.3) is 0 Å². The first-order chi connectivity index (χ1) is 9.16. The van der Waals surface area contributed by atoms with Crippen LogP contribution in [0, 0.1) is 11.8 Å². The van der Waals surface area contributed by atoms with Gasteiger partial charge in [0.15, 0.2) is 0 Å². The van der Waals surface area contributed by atoms with Gasteiger partial charge in [-0.3, -0.25) is 0 Å². The summed E-state index contributed by atoms with van der Waals surface area (Å²) in [7, 11) is 0. The first-order valence-corrected chi connectivity index (χ1v) is 8.22. The summed E-state index contributed by atoms with van der Waals surface area (Å²) in [6.07, 6.45) is 0.819. The molecule has 0 aromatic rings. The van der Waals surface area contributed by atoms with Gasteiger partial charge in [-0.1, -0.05) is 17.7 Å². The van der Waals surface area contributed by atoms with E-state index in [-0.39, 0.29) is 16.6 Å². The second kappa shape index (κ2) is 6.80. The van der Waals surface area contributed by atoms with Crippen LogP contribution < -0.4 is 0 Å². The number of nitrogens with zero attached hydrogens (tertiary/aromatic N) is 2. The number of amides is 1. The standard InChI is InChI=1S/C14H26N2O3S/c1-6-11-9-16(13(17)18)8-7-12(11)10(2)15-20(19)14(3,4)5/h11-12H,6-9H2,1-5H3,(H,17,18)/t11-,12-,20?/m0/s1. The molecule has 1 fully saturated rings. The zero-order valence-electron chi connectivity index (χ0n) is 13.0. The Morgan fingerprint density at radius 2 is 2.10 bits per heavy atom. The van der Waals surface area contributed by atoms with Gasteiger partial charge in [-0.2, -0.15) is 0 Å². The molecule has 1 N–H and O–H groups in total. The topological polar surface area (TPSA) is 76.0 Å². The normalized spacial score (nSPS) is 26.5. The largest absolute Gasteiger partial charge is 0.591 e. The van der Waals surface area contributed by atoms with Gasteiger partial charge in [-0.15, -0.1) is 0 Å². The van der Waals surface area contributed by atoms with Gasteiger partial charge in [0.2, 0.25) is 0 Å². The molecule has 0 aliphatic carbocycles. The summed E-state index contributed by atoms with van der Waals surface area (Å²) in [6, 6.07) is 0. The molecule has 0 saturated carbocycles. The molecule has 0 radical (unpaired) electrons. The van der Waals surface area contributed by atoms with Crippen LogP contribution in [-0.4, -0.2) is 44.2 Å². The highest BCUT2D eigenvalue weighted by molar-refractivity contribution is 7.91. The van der Waals surface area contributed by atoms with Crippen molar-refractivity contribution in [2.45, 2.75) is 52.2 Å². The van der Waals surface area contributed by atoms with Crippen LogP contribution >= 0.6 is 0 Å². The van der Waals surface area contributed by atoms with E-state index in [0.717, 1.165) is 18.6 Å². The van der Waals surface area contributed by atoms with Crippen LogP contribution in [0.5, 0.6) is 0 Å². The summed E-state index contributed by atoms with van der Waals surface area (Å²) >= 11 is -1.25. The molecule has 1 heterocycles. The summed E-state index contributed by atoms with van der Waals surface area (Å²) in [5.74, 6) is 0.502. The predicted molar refractivity (Wildman–Crippen MR) is 82.5 cm³/mol. The van der Waals surface area contributed by atoms with Gasteiger partial charge < -0.3 is 14.6 Å². The molecule has 0 aromatic heterocycles. The Bertz CT molecular complexity index is 379. The number of carboxylic acid groups (broad SMARTS) is 1. The lowest BCUT2D eigenvalue weighted by Gasteiger charge is -2.36. The third-order valence-corrected chi connectivity index (χ3v) is 5.32. The van der Waals surface area contributed by atoms with E-state index >= 15 is 0 Å². The van der Waals surface area contributed by atoms with Crippen molar-refractivity contribution >= 4 is 23.2 Å². The molecule has 20 heavy (non-hydrogen) atoms. The van der Waals surface area contributed by atoms with Crippen molar-refractivity contribution in [2.24, 2.45) is 16.2 Å². The molecule has 1 amide bonds. The minimum atomic E-state index is -1.25. The minimum absolute atomic E-state index is 0.238. The van der Waals surface area contributed by atoms with Crippen LogP contribution in [0.4, 0.5) is 4.79 Å². The van der Waals surface area contributed by atoms with E-state index in [1.807, 2.05) is 27.7 Å². The SMILES string of the molecule is CC[C@H]1CN(C(=O)O)CC[C@H]1C(C)=N[S+]([O-])C(C)(C)C. The van der Waals surface area contributed by atoms with E-state index in [0.29, 0.717) is 13.1 Å². The molecule has 1 aliphatic heterocycles. The highest BCUT2D eigenvalue weighted by atomic mass is 32.2. The lowest BCUT2D eigenvalue weighted by molar-refractivity contribution is 0.109. The zero-order valence-corrected chi connectivity index (χ0v) is 13.9. The lowest BCUT2D eigenvalue weighted by Crippen LogP contribution is -2.45. The van der Waals surface area contributed by atoms with Gasteiger partial charge in [0.25, 0.3) is 0 Å². The summed E-state index contributed by atoms with van der Waals surface area (Å²) in [5, 5.41) is 9.08. The Labute approximate surface area is 124 Å². The van der Waals surface area contributed by atoms with Crippen molar-refractivity contribution in [3.63, 3.8) is 0 Å². The fourth-order valence-corrected chi connectivity index (χ4v) is 3.18. The van der Waals surface area contributed by atoms with Crippen LogP contribution in [0.15, 0.2) is 4.40 Å². The molecule has 0 aromatic carbocycles. The summed E-state index contributed by atoms with van der Waals surface area (Å²) in [5.41, 5.74) is 0.898. The number of carbonyl (C=O) groups is 1. The molecule has 1 aliphatic rings. The first kappa shape index (κ1) is 17.3. The molecule has 116 valence electrons. The molecule has 1 rings (SSSR count). The molecule has 5 nitrogen and oxygen atoms in total. The highest BCUT2D eigenvalue weighted by Gasteiger charge is 2.34. The molecule has 1 unspecified atom stereocenters. The molecule has 6 heteroatoms. The molecular weight excluding hydrogens is 276 g/mol. The van der Waals surface area contributed by atoms with Gasteiger partial charge in [-0.05, 0) is 40.0 Å². The maximum atomic E-state index is 12.1. The molecular formula is C14H26N2O3S. The third-order valence-electron chi connectivity index (χ3n) is 3.82. The van der Waals surface area contributed by atoms with E-state index in [1.54, 1.807) is 0 Å². The van der Waals surface area contributed by atoms with Crippen molar-refractivity contribution in [1.82, 2.24) is 4.90 Å². The van der Waals surface area contributed by atoms with E-state index in [4.69, 9.17) is 5.11 Å². The number of rotatable bonds is 3. The van der Waals surface area contributed by atoms with Crippen molar-refractivity contribution in [3.8, 4) is 0 Å². The van der Waals surface area contributed by atoms with Gasteiger partial charge >= 0.3 is 6.09 Å².